The number of esters is 3. The summed E-state index contributed by atoms with van der Waals surface area (Å²) in [6.07, 6.45) is 4.87. The van der Waals surface area contributed by atoms with Gasteiger partial charge in [-0.2, -0.15) is 0 Å². The molecule has 1 saturated carbocycles. The molecule has 3 rings (SSSR count). The quantitative estimate of drug-likeness (QED) is 0.451. The van der Waals surface area contributed by atoms with E-state index in [0.29, 0.717) is 12.8 Å². The van der Waals surface area contributed by atoms with Gasteiger partial charge in [0.15, 0.2) is 0 Å². The van der Waals surface area contributed by atoms with Crippen molar-refractivity contribution < 1.29 is 28.6 Å². The largest absolute Gasteiger partial charge is 0.464 e. The van der Waals surface area contributed by atoms with Gasteiger partial charge in [0.25, 0.3) is 0 Å². The van der Waals surface area contributed by atoms with Crippen LogP contribution in [0.2, 0.25) is 0 Å². The van der Waals surface area contributed by atoms with Crippen LogP contribution in [-0.4, -0.2) is 48.8 Å². The van der Waals surface area contributed by atoms with Crippen molar-refractivity contribution in [1.29, 1.82) is 0 Å². The number of fused-ring (bicyclic) bond motifs is 2. The number of hydrogen-bond donors (Lipinski definition) is 1. The summed E-state index contributed by atoms with van der Waals surface area (Å²) in [6.45, 7) is 7.39. The molecule has 0 aromatic rings. The van der Waals surface area contributed by atoms with Gasteiger partial charge in [0.05, 0.1) is 17.5 Å². The summed E-state index contributed by atoms with van der Waals surface area (Å²) in [5, 5.41) is 3.20. The Hall–Kier alpha value is -1.89. The zero-order valence-corrected chi connectivity index (χ0v) is 15.1. The molecule has 1 aliphatic carbocycles. The minimum atomic E-state index is -1.20. The van der Waals surface area contributed by atoms with E-state index in [-0.39, 0.29) is 37.2 Å². The number of carbonyl (C=O) groups is 3. The van der Waals surface area contributed by atoms with Crippen molar-refractivity contribution in [2.45, 2.75) is 58.2 Å². The van der Waals surface area contributed by atoms with Crippen LogP contribution in [0.5, 0.6) is 0 Å². The third-order valence-electron chi connectivity index (χ3n) is 6.28. The first-order valence-electron chi connectivity index (χ1n) is 8.61. The smallest absolute Gasteiger partial charge is 0.351 e. The molecule has 2 fully saturated rings. The topological polar surface area (TPSA) is 90.9 Å². The van der Waals surface area contributed by atoms with Crippen molar-refractivity contribution >= 4 is 17.9 Å². The molecule has 138 valence electrons. The lowest BCUT2D eigenvalue weighted by molar-refractivity contribution is -0.183. The summed E-state index contributed by atoms with van der Waals surface area (Å²) in [7, 11) is 0. The van der Waals surface area contributed by atoms with Crippen LogP contribution in [0, 0.1) is 10.8 Å². The fourth-order valence-corrected chi connectivity index (χ4v) is 4.05. The summed E-state index contributed by atoms with van der Waals surface area (Å²) in [6, 6.07) is -0.254. The molecular formula is C18H25NO6. The molecule has 0 aromatic heterocycles. The van der Waals surface area contributed by atoms with Gasteiger partial charge in [-0.1, -0.05) is 26.0 Å². The van der Waals surface area contributed by atoms with Gasteiger partial charge in [-0.15, -0.1) is 0 Å². The molecule has 4 atom stereocenters. The van der Waals surface area contributed by atoms with Crippen LogP contribution in [-0.2, 0) is 28.6 Å². The Labute approximate surface area is 147 Å². The average Bonchev–Trinajstić information content (AvgIpc) is 3.12. The van der Waals surface area contributed by atoms with Gasteiger partial charge in [0.2, 0.25) is 5.60 Å². The summed E-state index contributed by atoms with van der Waals surface area (Å²) in [4.78, 5) is 35.8. The molecule has 7 heteroatoms. The second kappa shape index (κ2) is 5.83. The van der Waals surface area contributed by atoms with E-state index in [2.05, 4.69) is 5.32 Å². The van der Waals surface area contributed by atoms with Crippen LogP contribution >= 0.6 is 0 Å². The van der Waals surface area contributed by atoms with E-state index in [4.69, 9.17) is 14.2 Å². The van der Waals surface area contributed by atoms with E-state index in [1.54, 1.807) is 0 Å². The maximum atomic E-state index is 12.8. The summed E-state index contributed by atoms with van der Waals surface area (Å²) < 4.78 is 16.0. The zero-order chi connectivity index (χ0) is 18.5. The Balaban J connectivity index is 1.57. The molecule has 7 nitrogen and oxygen atoms in total. The molecule has 2 aliphatic heterocycles. The maximum Gasteiger partial charge on any atom is 0.351 e. The van der Waals surface area contributed by atoms with E-state index in [0.717, 1.165) is 0 Å². The Morgan fingerprint density at radius 3 is 2.24 bits per heavy atom. The van der Waals surface area contributed by atoms with Gasteiger partial charge < -0.3 is 14.2 Å². The maximum absolute atomic E-state index is 12.8. The molecule has 0 amide bonds. The minimum absolute atomic E-state index is 0.0960. The molecule has 2 heterocycles. The van der Waals surface area contributed by atoms with Crippen molar-refractivity contribution in [1.82, 2.24) is 5.32 Å². The van der Waals surface area contributed by atoms with Crippen molar-refractivity contribution in [3.63, 3.8) is 0 Å². The number of carbonyl (C=O) groups excluding carboxylic acids is 3. The molecule has 2 bridgehead atoms. The molecule has 0 spiro atoms. The van der Waals surface area contributed by atoms with Gasteiger partial charge in [0, 0.05) is 12.3 Å². The van der Waals surface area contributed by atoms with Crippen molar-refractivity contribution in [2.24, 2.45) is 10.8 Å². The predicted octanol–water partition coefficient (Wildman–Crippen LogP) is 1.11. The van der Waals surface area contributed by atoms with Gasteiger partial charge in [-0.3, -0.25) is 14.9 Å². The van der Waals surface area contributed by atoms with Crippen LogP contribution in [0.4, 0.5) is 0 Å². The normalized spacial score (nSPS) is 37.8. The zero-order valence-electron chi connectivity index (χ0n) is 15.1. The standard InChI is InChI=1S/C18H25NO6/c1-11(20)23-9-12-5-6-13(19-12)10-24-15(22)18-8-7-17(4,14(21)25-18)16(18,2)3/h5-6,12-13,19H,7-10H2,1-4H3/t12-,13+,17+,18-/m1/s1. The van der Waals surface area contributed by atoms with Crippen molar-refractivity contribution in [2.75, 3.05) is 13.2 Å². The summed E-state index contributed by atoms with van der Waals surface area (Å²) >= 11 is 0. The van der Waals surface area contributed by atoms with Crippen LogP contribution in [0.3, 0.4) is 0 Å². The number of rotatable bonds is 5. The molecule has 0 unspecified atom stereocenters. The van der Waals surface area contributed by atoms with E-state index >= 15 is 0 Å². The van der Waals surface area contributed by atoms with E-state index < -0.39 is 22.4 Å². The van der Waals surface area contributed by atoms with Gasteiger partial charge in [-0.05, 0) is 19.8 Å². The van der Waals surface area contributed by atoms with E-state index in [1.807, 2.05) is 32.9 Å². The van der Waals surface area contributed by atoms with Crippen molar-refractivity contribution in [3.05, 3.63) is 12.2 Å². The second-order valence-electron chi connectivity index (χ2n) is 7.84. The third-order valence-corrected chi connectivity index (χ3v) is 6.28. The molecule has 0 aromatic carbocycles. The average molecular weight is 351 g/mol. The molecule has 1 saturated heterocycles. The lowest BCUT2D eigenvalue weighted by Gasteiger charge is -2.34. The lowest BCUT2D eigenvalue weighted by Crippen LogP contribution is -2.49. The molecule has 0 radical (unpaired) electrons. The number of ether oxygens (including phenoxy) is 3. The Kier molecular flexibility index (Phi) is 4.18. The first kappa shape index (κ1) is 17.9. The summed E-state index contributed by atoms with van der Waals surface area (Å²) in [5.74, 6) is -1.13. The Morgan fingerprint density at radius 2 is 1.76 bits per heavy atom. The molecule has 25 heavy (non-hydrogen) atoms. The SMILES string of the molecule is CC(=O)OC[C@H]1C=C[C@@H](COC(=O)[C@@]23CC[C@@](C)(C(=O)O2)C3(C)C)N1. The third kappa shape index (κ3) is 2.56. The first-order chi connectivity index (χ1) is 11.6. The highest BCUT2D eigenvalue weighted by Gasteiger charge is 2.76. The molecular weight excluding hydrogens is 326 g/mol. The minimum Gasteiger partial charge on any atom is -0.464 e. The lowest BCUT2D eigenvalue weighted by atomic mass is 9.66. The second-order valence-corrected chi connectivity index (χ2v) is 7.84. The van der Waals surface area contributed by atoms with Crippen LogP contribution in [0.1, 0.15) is 40.5 Å². The van der Waals surface area contributed by atoms with E-state index in [1.165, 1.54) is 6.92 Å². The Bertz CT molecular complexity index is 641. The highest BCUT2D eigenvalue weighted by Crippen LogP contribution is 2.65. The predicted molar refractivity (Wildman–Crippen MR) is 87.4 cm³/mol. The number of nitrogens with one attached hydrogen (secondary N) is 1. The van der Waals surface area contributed by atoms with Crippen LogP contribution < -0.4 is 5.32 Å². The summed E-state index contributed by atoms with van der Waals surface area (Å²) in [5.41, 5.74) is -2.45. The van der Waals surface area contributed by atoms with Gasteiger partial charge >= 0.3 is 17.9 Å². The Morgan fingerprint density at radius 1 is 1.16 bits per heavy atom. The van der Waals surface area contributed by atoms with Crippen molar-refractivity contribution in [3.8, 4) is 0 Å². The van der Waals surface area contributed by atoms with Crippen LogP contribution in [0.15, 0.2) is 12.2 Å². The van der Waals surface area contributed by atoms with E-state index in [9.17, 15) is 14.4 Å². The first-order valence-corrected chi connectivity index (χ1v) is 8.61. The fourth-order valence-electron chi connectivity index (χ4n) is 4.05. The fraction of sp³-hybridized carbons (Fsp3) is 0.722. The molecule has 1 N–H and O–H groups in total. The number of hydrogen-bond acceptors (Lipinski definition) is 7. The van der Waals surface area contributed by atoms with Gasteiger partial charge in [-0.25, -0.2) is 4.79 Å². The van der Waals surface area contributed by atoms with Crippen LogP contribution in [0.25, 0.3) is 0 Å². The highest BCUT2D eigenvalue weighted by atomic mass is 16.6. The highest BCUT2D eigenvalue weighted by molar-refractivity contribution is 5.93. The molecule has 3 aliphatic rings. The van der Waals surface area contributed by atoms with Gasteiger partial charge in [0.1, 0.15) is 13.2 Å². The monoisotopic (exact) mass is 351 g/mol.